The molecule has 0 unspecified atom stereocenters. The first-order valence-corrected chi connectivity index (χ1v) is 7.12. The molecule has 0 spiro atoms. The van der Waals surface area contributed by atoms with E-state index in [1.165, 1.54) is 0 Å². The number of nitrogens with one attached hydrogen (secondary N) is 1. The number of pyridine rings is 1. The molecule has 3 N–H and O–H groups in total. The first-order valence-electron chi connectivity index (χ1n) is 5.73. The molecule has 0 aliphatic heterocycles. The molecule has 0 radical (unpaired) electrons. The molecular weight excluding hydrogens is 284 g/mol. The molecule has 1 aromatic heterocycles. The van der Waals surface area contributed by atoms with E-state index in [4.69, 9.17) is 5.73 Å². The number of carbonyl (C=O) groups excluding carboxylic acids is 1. The summed E-state index contributed by atoms with van der Waals surface area (Å²) in [5, 5.41) is 2.71. The van der Waals surface area contributed by atoms with E-state index in [1.54, 1.807) is 24.0 Å². The Bertz CT molecular complexity index is 386. The third kappa shape index (κ3) is 6.13. The second-order valence-electron chi connectivity index (χ2n) is 4.17. The number of hydrogen-bond acceptors (Lipinski definition) is 5. The first-order chi connectivity index (χ1) is 8.54. The van der Waals surface area contributed by atoms with Crippen LogP contribution in [0.4, 0.5) is 11.5 Å². The highest BCUT2D eigenvalue weighted by Gasteiger charge is 2.13. The van der Waals surface area contributed by atoms with E-state index in [0.29, 0.717) is 12.2 Å². The highest BCUT2D eigenvalue weighted by molar-refractivity contribution is 7.98. The number of nitrogens with zero attached hydrogens (tertiary/aromatic N) is 2. The lowest BCUT2D eigenvalue weighted by molar-refractivity contribution is -0.117. The summed E-state index contributed by atoms with van der Waals surface area (Å²) in [7, 11) is 3.88. The van der Waals surface area contributed by atoms with Gasteiger partial charge in [0, 0.05) is 14.1 Å². The molecule has 0 saturated carbocycles. The van der Waals surface area contributed by atoms with Gasteiger partial charge in [0.25, 0.3) is 0 Å². The van der Waals surface area contributed by atoms with Gasteiger partial charge in [-0.15, -0.1) is 12.4 Å². The standard InChI is InChI=1S/C12H20N4OS.ClH/c1-16(2)9-4-5-11(14-8-9)15-12(17)10(13)6-7-18-3;/h4-5,8,10H,6-7,13H2,1-3H3,(H,14,15,17);1H/t10-;/m0./s1. The molecule has 19 heavy (non-hydrogen) atoms. The summed E-state index contributed by atoms with van der Waals surface area (Å²) in [6, 6.07) is 3.19. The molecule has 7 heteroatoms. The van der Waals surface area contributed by atoms with Crippen LogP contribution < -0.4 is 16.0 Å². The van der Waals surface area contributed by atoms with Crippen LogP contribution in [-0.4, -0.2) is 43.0 Å². The zero-order valence-corrected chi connectivity index (χ0v) is 13.1. The minimum absolute atomic E-state index is 0. The Labute approximate surface area is 124 Å². The summed E-state index contributed by atoms with van der Waals surface area (Å²) < 4.78 is 0. The van der Waals surface area contributed by atoms with Crippen molar-refractivity contribution in [1.29, 1.82) is 0 Å². The van der Waals surface area contributed by atoms with E-state index < -0.39 is 6.04 Å². The monoisotopic (exact) mass is 304 g/mol. The van der Waals surface area contributed by atoms with Crippen LogP contribution in [0.15, 0.2) is 18.3 Å². The molecular formula is C12H21ClN4OS. The van der Waals surface area contributed by atoms with Gasteiger partial charge in [0.05, 0.1) is 17.9 Å². The van der Waals surface area contributed by atoms with Crippen LogP contribution in [0, 0.1) is 0 Å². The van der Waals surface area contributed by atoms with E-state index in [1.807, 2.05) is 31.3 Å². The Hall–Kier alpha value is -0.980. The van der Waals surface area contributed by atoms with Gasteiger partial charge in [-0.25, -0.2) is 4.98 Å². The van der Waals surface area contributed by atoms with Crippen molar-refractivity contribution < 1.29 is 4.79 Å². The van der Waals surface area contributed by atoms with Crippen molar-refractivity contribution in [2.75, 3.05) is 36.3 Å². The van der Waals surface area contributed by atoms with E-state index in [-0.39, 0.29) is 18.3 Å². The lowest BCUT2D eigenvalue weighted by Gasteiger charge is -2.13. The normalized spacial score (nSPS) is 11.4. The maximum atomic E-state index is 11.7. The van der Waals surface area contributed by atoms with Crippen molar-refractivity contribution in [1.82, 2.24) is 4.98 Å². The van der Waals surface area contributed by atoms with Gasteiger partial charge in [-0.2, -0.15) is 11.8 Å². The predicted molar refractivity (Wildman–Crippen MR) is 85.4 cm³/mol. The van der Waals surface area contributed by atoms with Crippen molar-refractivity contribution in [2.24, 2.45) is 5.73 Å². The van der Waals surface area contributed by atoms with Crippen molar-refractivity contribution in [3.05, 3.63) is 18.3 Å². The number of amides is 1. The third-order valence-electron chi connectivity index (χ3n) is 2.49. The average molecular weight is 305 g/mol. The zero-order valence-electron chi connectivity index (χ0n) is 11.4. The number of nitrogens with two attached hydrogens (primary N) is 1. The lowest BCUT2D eigenvalue weighted by Crippen LogP contribution is -2.36. The van der Waals surface area contributed by atoms with Gasteiger partial charge < -0.3 is 16.0 Å². The van der Waals surface area contributed by atoms with Crippen molar-refractivity contribution in [2.45, 2.75) is 12.5 Å². The molecule has 0 bridgehead atoms. The molecule has 1 amide bonds. The van der Waals surface area contributed by atoms with Crippen LogP contribution in [0.2, 0.25) is 0 Å². The molecule has 5 nitrogen and oxygen atoms in total. The van der Waals surface area contributed by atoms with Gasteiger partial charge in [-0.1, -0.05) is 0 Å². The Balaban J connectivity index is 0.00000324. The number of thioether (sulfide) groups is 1. The second kappa shape index (κ2) is 9.01. The van der Waals surface area contributed by atoms with Gasteiger partial charge in [-0.3, -0.25) is 4.79 Å². The third-order valence-corrected chi connectivity index (χ3v) is 3.13. The van der Waals surface area contributed by atoms with Crippen LogP contribution in [0.1, 0.15) is 6.42 Å². The lowest BCUT2D eigenvalue weighted by atomic mass is 10.2. The summed E-state index contributed by atoms with van der Waals surface area (Å²) in [5.74, 6) is 1.22. The molecule has 108 valence electrons. The maximum absolute atomic E-state index is 11.7. The molecule has 0 aliphatic rings. The SMILES string of the molecule is CSCC[C@H](N)C(=O)Nc1ccc(N(C)C)cn1.Cl. The molecule has 0 fully saturated rings. The fourth-order valence-electron chi connectivity index (χ4n) is 1.32. The molecule has 1 aromatic rings. The molecule has 0 saturated heterocycles. The summed E-state index contributed by atoms with van der Waals surface area (Å²) in [6.07, 6.45) is 4.37. The minimum atomic E-state index is -0.479. The average Bonchev–Trinajstić information content (AvgIpc) is 2.36. The highest BCUT2D eigenvalue weighted by atomic mass is 35.5. The summed E-state index contributed by atoms with van der Waals surface area (Å²) >= 11 is 1.68. The molecule has 1 heterocycles. The largest absolute Gasteiger partial charge is 0.376 e. The summed E-state index contributed by atoms with van der Waals surface area (Å²) in [4.78, 5) is 17.9. The van der Waals surface area contributed by atoms with E-state index in [2.05, 4.69) is 10.3 Å². The fourth-order valence-corrected chi connectivity index (χ4v) is 1.81. The van der Waals surface area contributed by atoms with Crippen LogP contribution in [0.5, 0.6) is 0 Å². The van der Waals surface area contributed by atoms with Crippen LogP contribution in [0.3, 0.4) is 0 Å². The van der Waals surface area contributed by atoms with E-state index in [0.717, 1.165) is 11.4 Å². The molecule has 1 atom stereocenters. The highest BCUT2D eigenvalue weighted by Crippen LogP contribution is 2.12. The maximum Gasteiger partial charge on any atom is 0.242 e. The van der Waals surface area contributed by atoms with Crippen molar-refractivity contribution >= 4 is 41.6 Å². The van der Waals surface area contributed by atoms with Crippen molar-refractivity contribution in [3.8, 4) is 0 Å². The number of halogens is 1. The van der Waals surface area contributed by atoms with Gasteiger partial charge in [0.1, 0.15) is 5.82 Å². The molecule has 1 rings (SSSR count). The Kier molecular flexibility index (Phi) is 8.54. The summed E-state index contributed by atoms with van der Waals surface area (Å²) in [6.45, 7) is 0. The molecule has 0 aromatic carbocycles. The Morgan fingerprint density at radius 2 is 2.21 bits per heavy atom. The fraction of sp³-hybridized carbons (Fsp3) is 0.500. The number of rotatable bonds is 6. The van der Waals surface area contributed by atoms with Crippen LogP contribution >= 0.6 is 24.2 Å². The van der Waals surface area contributed by atoms with E-state index >= 15 is 0 Å². The smallest absolute Gasteiger partial charge is 0.242 e. The van der Waals surface area contributed by atoms with Crippen molar-refractivity contribution in [3.63, 3.8) is 0 Å². The number of carbonyl (C=O) groups is 1. The van der Waals surface area contributed by atoms with Crippen LogP contribution in [0.25, 0.3) is 0 Å². The number of anilines is 2. The first kappa shape index (κ1) is 18.0. The second-order valence-corrected chi connectivity index (χ2v) is 5.16. The van der Waals surface area contributed by atoms with E-state index in [9.17, 15) is 4.79 Å². The van der Waals surface area contributed by atoms with Gasteiger partial charge in [0.15, 0.2) is 0 Å². The van der Waals surface area contributed by atoms with Gasteiger partial charge in [-0.05, 0) is 30.6 Å². The summed E-state index contributed by atoms with van der Waals surface area (Å²) in [5.41, 5.74) is 6.75. The molecule has 0 aliphatic carbocycles. The van der Waals surface area contributed by atoms with Crippen LogP contribution in [-0.2, 0) is 4.79 Å². The Morgan fingerprint density at radius 1 is 1.53 bits per heavy atom. The predicted octanol–water partition coefficient (Wildman–Crippen LogP) is 1.59. The Morgan fingerprint density at radius 3 is 2.68 bits per heavy atom. The topological polar surface area (TPSA) is 71.2 Å². The number of aromatic nitrogens is 1. The van der Waals surface area contributed by atoms with Gasteiger partial charge >= 0.3 is 0 Å². The number of hydrogen-bond donors (Lipinski definition) is 2. The van der Waals surface area contributed by atoms with Gasteiger partial charge in [0.2, 0.25) is 5.91 Å². The zero-order chi connectivity index (χ0) is 13.5. The quantitative estimate of drug-likeness (QED) is 0.835. The minimum Gasteiger partial charge on any atom is -0.376 e.